The van der Waals surface area contributed by atoms with Crippen molar-refractivity contribution in [2.75, 3.05) is 38.6 Å². The van der Waals surface area contributed by atoms with Gasteiger partial charge in [0.2, 0.25) is 0 Å². The van der Waals surface area contributed by atoms with Crippen LogP contribution in [0.15, 0.2) is 101 Å². The minimum absolute atomic E-state index is 0.405. The van der Waals surface area contributed by atoms with E-state index in [0.29, 0.717) is 5.92 Å². The van der Waals surface area contributed by atoms with Crippen LogP contribution < -0.4 is 4.90 Å². The molecule has 38 heavy (non-hydrogen) atoms. The second-order valence-electron chi connectivity index (χ2n) is 10.7. The molecule has 0 heterocycles. The lowest BCUT2D eigenvalue weighted by Crippen LogP contribution is -2.26. The highest BCUT2D eigenvalue weighted by Gasteiger charge is 2.16. The van der Waals surface area contributed by atoms with Crippen LogP contribution in [-0.4, -0.2) is 44.8 Å². The maximum atomic E-state index is 4.53. The molecule has 3 nitrogen and oxygen atoms in total. The molecule has 0 fully saturated rings. The number of benzene rings is 1. The topological polar surface area (TPSA) is 18.8 Å². The van der Waals surface area contributed by atoms with E-state index in [1.165, 1.54) is 28.0 Å². The molecule has 3 heteroatoms. The summed E-state index contributed by atoms with van der Waals surface area (Å²) in [5.74, 6) is 0.405. The van der Waals surface area contributed by atoms with Gasteiger partial charge in [-0.05, 0) is 88.3 Å². The summed E-state index contributed by atoms with van der Waals surface area (Å²) in [5, 5.41) is 0. The third-order valence-electron chi connectivity index (χ3n) is 7.24. The number of aliphatic imine (C=N–C) groups is 1. The van der Waals surface area contributed by atoms with Crippen molar-refractivity contribution in [1.82, 2.24) is 4.90 Å². The first kappa shape index (κ1) is 31.1. The van der Waals surface area contributed by atoms with Crippen molar-refractivity contribution in [2.24, 2.45) is 10.9 Å². The van der Waals surface area contributed by atoms with Gasteiger partial charge in [0.25, 0.3) is 0 Å². The van der Waals surface area contributed by atoms with Crippen molar-refractivity contribution < 1.29 is 0 Å². The minimum Gasteiger partial charge on any atom is -0.378 e. The molecule has 1 atom stereocenters. The van der Waals surface area contributed by atoms with Gasteiger partial charge in [-0.1, -0.05) is 73.2 Å². The third-order valence-corrected chi connectivity index (χ3v) is 7.24. The molecule has 0 saturated carbocycles. The number of allylic oxidation sites excluding steroid dienone is 6. The SMILES string of the molecule is C=C(C)CCCN(CCCc1cccc(N(C)C)c1)C(=C)C(=C)/C=C(\CC/N=C\C)C1C=CC(CC)=CC1. The lowest BCUT2D eigenvalue weighted by Gasteiger charge is -2.28. The van der Waals surface area contributed by atoms with Crippen LogP contribution in [0.3, 0.4) is 0 Å². The van der Waals surface area contributed by atoms with Gasteiger partial charge in [-0.25, -0.2) is 0 Å². The second-order valence-corrected chi connectivity index (χ2v) is 10.7. The van der Waals surface area contributed by atoms with Crippen molar-refractivity contribution in [1.29, 1.82) is 0 Å². The molecule has 1 unspecified atom stereocenters. The standard InChI is InChI=1S/C35H51N3/c1-9-31-18-20-33(21-19-31)34(22-23-36-10-2)26-29(5)30(6)38(24-12-14-28(3)4)25-13-16-32-15-11-17-35(27-32)37(7)8/h10-11,15,17-20,26-27,33H,3,5-6,9,12-14,16,21-25H2,1-2,4,7-8H3/b34-26+,36-10-. The highest BCUT2D eigenvalue weighted by Crippen LogP contribution is 2.29. The van der Waals surface area contributed by atoms with E-state index in [0.717, 1.165) is 75.9 Å². The number of anilines is 1. The first-order valence-electron chi connectivity index (χ1n) is 14.3. The van der Waals surface area contributed by atoms with Crippen LogP contribution in [-0.2, 0) is 6.42 Å². The van der Waals surface area contributed by atoms with E-state index in [4.69, 9.17) is 0 Å². The molecule has 0 amide bonds. The molecule has 0 saturated heterocycles. The molecule has 1 aliphatic carbocycles. The van der Waals surface area contributed by atoms with Crippen LogP contribution in [0.4, 0.5) is 5.69 Å². The Balaban J connectivity index is 2.14. The van der Waals surface area contributed by atoms with Crippen LogP contribution in [0.25, 0.3) is 0 Å². The number of nitrogens with zero attached hydrogens (tertiary/aromatic N) is 3. The summed E-state index contributed by atoms with van der Waals surface area (Å²) in [5.41, 5.74) is 8.74. The number of hydrogen-bond donors (Lipinski definition) is 0. The number of aryl methyl sites for hydroxylation is 1. The number of rotatable bonds is 17. The predicted octanol–water partition coefficient (Wildman–Crippen LogP) is 8.73. The normalized spacial score (nSPS) is 15.4. The second kappa shape index (κ2) is 16.7. The largest absolute Gasteiger partial charge is 0.378 e. The van der Waals surface area contributed by atoms with E-state index in [9.17, 15) is 0 Å². The van der Waals surface area contributed by atoms with Gasteiger partial charge in [0, 0.05) is 51.0 Å². The van der Waals surface area contributed by atoms with E-state index in [1.54, 1.807) is 0 Å². The van der Waals surface area contributed by atoms with Gasteiger partial charge in [-0.2, -0.15) is 0 Å². The van der Waals surface area contributed by atoms with Crippen molar-refractivity contribution in [3.63, 3.8) is 0 Å². The molecule has 1 aromatic carbocycles. The fourth-order valence-electron chi connectivity index (χ4n) is 4.82. The maximum Gasteiger partial charge on any atom is 0.0422 e. The zero-order chi connectivity index (χ0) is 27.9. The molecule has 0 bridgehead atoms. The lowest BCUT2D eigenvalue weighted by molar-refractivity contribution is 0.342. The molecule has 1 aliphatic rings. The molecule has 0 aliphatic heterocycles. The Labute approximate surface area is 233 Å². The Bertz CT molecular complexity index is 1050. The zero-order valence-corrected chi connectivity index (χ0v) is 24.8. The van der Waals surface area contributed by atoms with Gasteiger partial charge in [0.1, 0.15) is 0 Å². The first-order chi connectivity index (χ1) is 18.2. The van der Waals surface area contributed by atoms with E-state index in [-0.39, 0.29) is 0 Å². The van der Waals surface area contributed by atoms with Crippen LogP contribution in [0.5, 0.6) is 0 Å². The van der Waals surface area contributed by atoms with E-state index in [1.807, 2.05) is 13.1 Å². The molecule has 2 rings (SSSR count). The molecular weight excluding hydrogens is 462 g/mol. The highest BCUT2D eigenvalue weighted by molar-refractivity contribution is 5.53. The van der Waals surface area contributed by atoms with Crippen molar-refractivity contribution in [3.8, 4) is 0 Å². The zero-order valence-electron chi connectivity index (χ0n) is 24.8. The van der Waals surface area contributed by atoms with Gasteiger partial charge >= 0.3 is 0 Å². The van der Waals surface area contributed by atoms with Gasteiger partial charge in [-0.3, -0.25) is 4.99 Å². The Morgan fingerprint density at radius 3 is 2.50 bits per heavy atom. The van der Waals surface area contributed by atoms with Crippen LogP contribution in [0, 0.1) is 5.92 Å². The van der Waals surface area contributed by atoms with Gasteiger partial charge < -0.3 is 9.80 Å². The molecule has 206 valence electrons. The monoisotopic (exact) mass is 513 g/mol. The quantitative estimate of drug-likeness (QED) is 0.118. The minimum atomic E-state index is 0.405. The molecule has 0 radical (unpaired) electrons. The Morgan fingerprint density at radius 1 is 1.11 bits per heavy atom. The molecule has 0 aromatic heterocycles. The van der Waals surface area contributed by atoms with Crippen LogP contribution in [0.1, 0.15) is 64.9 Å². The average molecular weight is 514 g/mol. The Kier molecular flexibility index (Phi) is 13.7. The van der Waals surface area contributed by atoms with Crippen LogP contribution in [0.2, 0.25) is 0 Å². The summed E-state index contributed by atoms with van der Waals surface area (Å²) >= 11 is 0. The maximum absolute atomic E-state index is 4.53. The van der Waals surface area contributed by atoms with Crippen molar-refractivity contribution >= 4 is 11.9 Å². The Morgan fingerprint density at radius 2 is 1.87 bits per heavy atom. The summed E-state index contributed by atoms with van der Waals surface area (Å²) in [6, 6.07) is 8.85. The molecule has 0 N–H and O–H groups in total. The fraction of sp³-hybridized carbons (Fsp3) is 0.457. The lowest BCUT2D eigenvalue weighted by atomic mass is 9.86. The van der Waals surface area contributed by atoms with Crippen LogP contribution >= 0.6 is 0 Å². The van der Waals surface area contributed by atoms with E-state index < -0.39 is 0 Å². The summed E-state index contributed by atoms with van der Waals surface area (Å²) in [6.07, 6.45) is 18.6. The van der Waals surface area contributed by atoms with Crippen molar-refractivity contribution in [2.45, 2.75) is 65.7 Å². The smallest absolute Gasteiger partial charge is 0.0422 e. The van der Waals surface area contributed by atoms with E-state index >= 15 is 0 Å². The van der Waals surface area contributed by atoms with Gasteiger partial charge in [-0.15, -0.1) is 6.58 Å². The summed E-state index contributed by atoms with van der Waals surface area (Å²) in [6.45, 7) is 22.2. The Hall–Kier alpha value is -3.07. The summed E-state index contributed by atoms with van der Waals surface area (Å²) < 4.78 is 0. The molecular formula is C35H51N3. The van der Waals surface area contributed by atoms with Gasteiger partial charge in [0.15, 0.2) is 0 Å². The number of hydrogen-bond acceptors (Lipinski definition) is 3. The summed E-state index contributed by atoms with van der Waals surface area (Å²) in [7, 11) is 4.19. The highest BCUT2D eigenvalue weighted by atomic mass is 15.1. The molecule has 0 spiro atoms. The van der Waals surface area contributed by atoms with E-state index in [2.05, 4.69) is 111 Å². The van der Waals surface area contributed by atoms with Gasteiger partial charge in [0.05, 0.1) is 0 Å². The first-order valence-corrected chi connectivity index (χ1v) is 14.3. The average Bonchev–Trinajstić information content (AvgIpc) is 2.91. The fourth-order valence-corrected chi connectivity index (χ4v) is 4.82. The third kappa shape index (κ3) is 10.7. The predicted molar refractivity (Wildman–Crippen MR) is 170 cm³/mol. The summed E-state index contributed by atoms with van der Waals surface area (Å²) in [4.78, 5) is 9.09. The molecule has 1 aromatic rings. The van der Waals surface area contributed by atoms with Crippen molar-refractivity contribution in [3.05, 3.63) is 102 Å².